The van der Waals surface area contributed by atoms with E-state index in [0.717, 1.165) is 0 Å². The molecule has 0 saturated carbocycles. The molecular formula is C26H26ClNZr. The van der Waals surface area contributed by atoms with Crippen LogP contribution in [-0.4, -0.2) is 11.0 Å². The van der Waals surface area contributed by atoms with Crippen LogP contribution in [0.25, 0.3) is 27.4 Å². The van der Waals surface area contributed by atoms with E-state index in [-0.39, 0.29) is 26.2 Å². The molecule has 146 valence electrons. The maximum atomic E-state index is 4.64. The molecule has 0 aliphatic heterocycles. The third kappa shape index (κ3) is 5.19. The summed E-state index contributed by atoms with van der Waals surface area (Å²) in [5.41, 5.74) is 6.58. The van der Waals surface area contributed by atoms with Gasteiger partial charge in [0.05, 0.1) is 5.52 Å². The molecule has 0 bridgehead atoms. The zero-order chi connectivity index (χ0) is 20.1. The Hall–Kier alpha value is -1.89. The van der Waals surface area contributed by atoms with Crippen LogP contribution in [0.1, 0.15) is 16.8 Å². The monoisotopic (exact) mass is 477 g/mol. The molecule has 0 radical (unpaired) electrons. The SMILES string of the molecule is CCl.Cc1cc2ccccc2n1-c1cc2ccccc2[cH-]1.Cc1ccc[c-]1C.[Zr+2]. The first-order valence-corrected chi connectivity index (χ1v) is 10.2. The molecule has 4 aromatic carbocycles. The number of aryl methyl sites for hydroxylation is 3. The summed E-state index contributed by atoms with van der Waals surface area (Å²) in [6.45, 7) is 6.41. The van der Waals surface area contributed by atoms with Crippen molar-refractivity contribution < 1.29 is 26.2 Å². The Labute approximate surface area is 197 Å². The van der Waals surface area contributed by atoms with Gasteiger partial charge in [0.1, 0.15) is 0 Å². The Bertz CT molecular complexity index is 1130. The van der Waals surface area contributed by atoms with E-state index in [9.17, 15) is 0 Å². The van der Waals surface area contributed by atoms with Gasteiger partial charge in [-0.15, -0.1) is 52.7 Å². The molecule has 0 spiro atoms. The van der Waals surface area contributed by atoms with Gasteiger partial charge >= 0.3 is 26.2 Å². The molecule has 0 atom stereocenters. The van der Waals surface area contributed by atoms with Gasteiger partial charge in [0.2, 0.25) is 0 Å². The zero-order valence-corrected chi connectivity index (χ0v) is 20.6. The van der Waals surface area contributed by atoms with Gasteiger partial charge < -0.3 is 4.57 Å². The van der Waals surface area contributed by atoms with E-state index in [1.807, 2.05) is 0 Å². The normalized spacial score (nSPS) is 9.97. The van der Waals surface area contributed by atoms with Crippen LogP contribution in [0.2, 0.25) is 0 Å². The Morgan fingerprint density at radius 3 is 2.07 bits per heavy atom. The van der Waals surface area contributed by atoms with E-state index in [2.05, 4.69) is 122 Å². The summed E-state index contributed by atoms with van der Waals surface area (Å²) >= 11 is 4.64. The summed E-state index contributed by atoms with van der Waals surface area (Å²) in [5.74, 6) is 0. The van der Waals surface area contributed by atoms with Crippen molar-refractivity contribution in [1.82, 2.24) is 4.57 Å². The quantitative estimate of drug-likeness (QED) is 0.172. The standard InChI is InChI=1S/C18H14N.C7H9.CH3Cl.Zr/c1-13-10-16-8-4-5-9-18(16)19(13)17-11-14-6-2-3-7-15(14)12-17;1-6-4-3-5-7(6)2;1-2;/h2-12H,1H3;3-5H,1-2H3;1H3;/q2*-1;;+2. The van der Waals surface area contributed by atoms with Crippen molar-refractivity contribution in [3.63, 3.8) is 0 Å². The molecule has 1 nitrogen and oxygen atoms in total. The van der Waals surface area contributed by atoms with Gasteiger partial charge in [-0.2, -0.15) is 17.2 Å². The number of halogens is 1. The van der Waals surface area contributed by atoms with Crippen LogP contribution in [0.5, 0.6) is 0 Å². The molecule has 0 aliphatic rings. The molecule has 1 heterocycles. The van der Waals surface area contributed by atoms with Crippen molar-refractivity contribution in [2.24, 2.45) is 0 Å². The van der Waals surface area contributed by atoms with Gasteiger partial charge in [0.15, 0.2) is 0 Å². The van der Waals surface area contributed by atoms with Crippen molar-refractivity contribution in [3.05, 3.63) is 102 Å². The molecule has 29 heavy (non-hydrogen) atoms. The second kappa shape index (κ2) is 10.8. The van der Waals surface area contributed by atoms with Gasteiger partial charge in [-0.1, -0.05) is 38.1 Å². The molecule has 1 aromatic heterocycles. The van der Waals surface area contributed by atoms with E-state index < -0.39 is 0 Å². The van der Waals surface area contributed by atoms with Crippen molar-refractivity contribution in [3.8, 4) is 5.69 Å². The molecule has 0 unspecified atom stereocenters. The average Bonchev–Trinajstić information content (AvgIpc) is 3.39. The van der Waals surface area contributed by atoms with Crippen LogP contribution in [0, 0.1) is 20.8 Å². The first kappa shape index (κ1) is 23.4. The number of alkyl halides is 1. The largest absolute Gasteiger partial charge is 2.00 e. The maximum Gasteiger partial charge on any atom is 2.00 e. The molecule has 0 amide bonds. The summed E-state index contributed by atoms with van der Waals surface area (Å²) < 4.78 is 2.33. The molecule has 0 saturated heterocycles. The fourth-order valence-electron chi connectivity index (χ4n) is 3.50. The van der Waals surface area contributed by atoms with E-state index in [0.29, 0.717) is 0 Å². The molecule has 0 fully saturated rings. The van der Waals surface area contributed by atoms with E-state index in [1.54, 1.807) is 0 Å². The Balaban J connectivity index is 0.000000256. The first-order valence-electron chi connectivity index (χ1n) is 9.43. The smallest absolute Gasteiger partial charge is 0.332 e. The van der Waals surface area contributed by atoms with Gasteiger partial charge in [-0.3, -0.25) is 0 Å². The summed E-state index contributed by atoms with van der Waals surface area (Å²) in [7, 11) is 0. The molecule has 5 rings (SSSR count). The maximum absolute atomic E-state index is 4.64. The zero-order valence-electron chi connectivity index (χ0n) is 17.4. The van der Waals surface area contributed by atoms with Crippen molar-refractivity contribution in [2.45, 2.75) is 20.8 Å². The Morgan fingerprint density at radius 1 is 0.828 bits per heavy atom. The minimum Gasteiger partial charge on any atom is -0.332 e. The number of fused-ring (bicyclic) bond motifs is 2. The first-order chi connectivity index (χ1) is 13.6. The fourth-order valence-corrected chi connectivity index (χ4v) is 3.50. The van der Waals surface area contributed by atoms with E-state index >= 15 is 0 Å². The Kier molecular flexibility index (Phi) is 8.68. The van der Waals surface area contributed by atoms with Crippen LogP contribution in [0.4, 0.5) is 0 Å². The number of rotatable bonds is 1. The minimum atomic E-state index is 0. The third-order valence-corrected chi connectivity index (χ3v) is 5.07. The van der Waals surface area contributed by atoms with Crippen LogP contribution in [-0.2, 0) is 26.2 Å². The van der Waals surface area contributed by atoms with Crippen LogP contribution in [0.3, 0.4) is 0 Å². The van der Waals surface area contributed by atoms with Crippen molar-refractivity contribution in [1.29, 1.82) is 0 Å². The number of hydrogen-bond donors (Lipinski definition) is 0. The van der Waals surface area contributed by atoms with Crippen molar-refractivity contribution in [2.75, 3.05) is 6.38 Å². The molecule has 0 aliphatic carbocycles. The second-order valence-electron chi connectivity index (χ2n) is 6.91. The predicted octanol–water partition coefficient (Wildman–Crippen LogP) is 7.69. The van der Waals surface area contributed by atoms with Crippen molar-refractivity contribution >= 4 is 33.3 Å². The number of aromatic nitrogens is 1. The van der Waals surface area contributed by atoms with Gasteiger partial charge in [-0.05, 0) is 24.7 Å². The van der Waals surface area contributed by atoms with E-state index in [1.165, 1.54) is 50.6 Å². The van der Waals surface area contributed by atoms with Gasteiger partial charge in [0, 0.05) is 17.5 Å². The summed E-state index contributed by atoms with van der Waals surface area (Å²) in [4.78, 5) is 0. The number of benzene rings is 2. The third-order valence-electron chi connectivity index (χ3n) is 5.07. The van der Waals surface area contributed by atoms with Gasteiger partial charge in [-0.25, -0.2) is 12.1 Å². The molecular weight excluding hydrogens is 453 g/mol. The van der Waals surface area contributed by atoms with Gasteiger partial charge in [0.25, 0.3) is 0 Å². The molecule has 0 N–H and O–H groups in total. The number of para-hydroxylation sites is 1. The predicted molar refractivity (Wildman–Crippen MR) is 124 cm³/mol. The summed E-state index contributed by atoms with van der Waals surface area (Å²) in [6, 6.07) is 30.1. The van der Waals surface area contributed by atoms with E-state index in [4.69, 9.17) is 0 Å². The van der Waals surface area contributed by atoms with Crippen LogP contribution < -0.4 is 0 Å². The molecule has 3 heteroatoms. The van der Waals surface area contributed by atoms with Crippen LogP contribution >= 0.6 is 11.6 Å². The minimum absolute atomic E-state index is 0. The fraction of sp³-hybridized carbons (Fsp3) is 0.154. The van der Waals surface area contributed by atoms with Crippen LogP contribution in [0.15, 0.2) is 84.9 Å². The molecule has 5 aromatic rings. The number of hydrogen-bond acceptors (Lipinski definition) is 0. The summed E-state index contributed by atoms with van der Waals surface area (Å²) in [6.07, 6.45) is 1.47. The average molecular weight is 479 g/mol. The topological polar surface area (TPSA) is 4.93 Å². The second-order valence-corrected chi connectivity index (χ2v) is 6.91. The summed E-state index contributed by atoms with van der Waals surface area (Å²) in [5, 5.41) is 3.90. The number of nitrogens with zero attached hydrogens (tertiary/aromatic N) is 1. The Morgan fingerprint density at radius 2 is 1.48 bits per heavy atom.